The van der Waals surface area contributed by atoms with Crippen molar-refractivity contribution in [3.63, 3.8) is 0 Å². The lowest BCUT2D eigenvalue weighted by atomic mass is 10.0. The molecule has 162 valence electrons. The van der Waals surface area contributed by atoms with Crippen LogP contribution in [-0.2, 0) is 11.3 Å². The van der Waals surface area contributed by atoms with Crippen LogP contribution in [0.5, 0.6) is 0 Å². The SMILES string of the molecule is Nc1nc(NCCN2CCOCC2)cc(NC2CCN(Cc3ccccc3)CC2)n1. The lowest BCUT2D eigenvalue weighted by Gasteiger charge is -2.32. The molecule has 0 unspecified atom stereocenters. The van der Waals surface area contributed by atoms with Gasteiger partial charge in [0.25, 0.3) is 0 Å². The average Bonchev–Trinajstić information content (AvgIpc) is 2.76. The number of nitrogens with zero attached hydrogens (tertiary/aromatic N) is 4. The molecule has 0 aliphatic carbocycles. The van der Waals surface area contributed by atoms with Gasteiger partial charge < -0.3 is 21.1 Å². The molecule has 2 saturated heterocycles. The normalized spacial score (nSPS) is 18.9. The Hall–Kier alpha value is -2.42. The third-order valence-electron chi connectivity index (χ3n) is 5.77. The monoisotopic (exact) mass is 411 g/mol. The lowest BCUT2D eigenvalue weighted by Crippen LogP contribution is -2.39. The number of aromatic nitrogens is 2. The van der Waals surface area contributed by atoms with Crippen LogP contribution in [0.4, 0.5) is 17.6 Å². The molecule has 2 fully saturated rings. The Labute approximate surface area is 178 Å². The summed E-state index contributed by atoms with van der Waals surface area (Å²) >= 11 is 0. The molecular weight excluding hydrogens is 378 g/mol. The van der Waals surface area contributed by atoms with E-state index in [1.165, 1.54) is 5.56 Å². The maximum Gasteiger partial charge on any atom is 0.223 e. The third-order valence-corrected chi connectivity index (χ3v) is 5.77. The quantitative estimate of drug-likeness (QED) is 0.607. The Kier molecular flexibility index (Phi) is 7.34. The minimum absolute atomic E-state index is 0.301. The fourth-order valence-electron chi connectivity index (χ4n) is 4.08. The van der Waals surface area contributed by atoms with E-state index in [9.17, 15) is 0 Å². The molecule has 8 nitrogen and oxygen atoms in total. The molecule has 30 heavy (non-hydrogen) atoms. The Morgan fingerprint density at radius 1 is 0.967 bits per heavy atom. The van der Waals surface area contributed by atoms with Crippen LogP contribution in [0.15, 0.2) is 36.4 Å². The number of nitrogen functional groups attached to an aromatic ring is 1. The van der Waals surface area contributed by atoms with Crippen LogP contribution in [0.25, 0.3) is 0 Å². The molecule has 4 N–H and O–H groups in total. The summed E-state index contributed by atoms with van der Waals surface area (Å²) < 4.78 is 5.39. The van der Waals surface area contributed by atoms with Gasteiger partial charge in [-0.25, -0.2) is 0 Å². The molecule has 3 heterocycles. The van der Waals surface area contributed by atoms with E-state index in [1.54, 1.807) is 0 Å². The standard InChI is InChI=1S/C22H33N7O/c23-22-26-20(24-8-11-28-12-14-30-15-13-28)16-21(27-22)25-19-6-9-29(10-7-19)17-18-4-2-1-3-5-18/h1-5,16,19H,6-15,17H2,(H4,23,24,25,26,27). The first kappa shape index (κ1) is 20.8. The molecule has 0 atom stereocenters. The molecule has 0 saturated carbocycles. The largest absolute Gasteiger partial charge is 0.379 e. The van der Waals surface area contributed by atoms with Gasteiger partial charge in [-0.3, -0.25) is 9.80 Å². The van der Waals surface area contributed by atoms with Crippen LogP contribution in [0.3, 0.4) is 0 Å². The van der Waals surface area contributed by atoms with Crippen LogP contribution in [0.1, 0.15) is 18.4 Å². The molecular formula is C22H33N7O. The van der Waals surface area contributed by atoms with Crippen molar-refractivity contribution in [3.8, 4) is 0 Å². The van der Waals surface area contributed by atoms with Gasteiger partial charge in [0.1, 0.15) is 11.6 Å². The maximum absolute atomic E-state index is 5.95. The van der Waals surface area contributed by atoms with Crippen molar-refractivity contribution in [1.29, 1.82) is 0 Å². The van der Waals surface area contributed by atoms with Gasteiger partial charge in [0, 0.05) is 57.9 Å². The second kappa shape index (κ2) is 10.6. The summed E-state index contributed by atoms with van der Waals surface area (Å²) in [5.41, 5.74) is 7.32. The van der Waals surface area contributed by atoms with Gasteiger partial charge in [0.05, 0.1) is 13.2 Å². The molecule has 0 spiro atoms. The molecule has 0 bridgehead atoms. The highest BCUT2D eigenvalue weighted by molar-refractivity contribution is 5.51. The summed E-state index contributed by atoms with van der Waals surface area (Å²) in [7, 11) is 0. The average molecular weight is 412 g/mol. The van der Waals surface area contributed by atoms with Gasteiger partial charge in [0.15, 0.2) is 0 Å². The van der Waals surface area contributed by atoms with Gasteiger partial charge in [-0.05, 0) is 18.4 Å². The molecule has 0 radical (unpaired) electrons. The number of piperidine rings is 1. The predicted molar refractivity (Wildman–Crippen MR) is 121 cm³/mol. The highest BCUT2D eigenvalue weighted by atomic mass is 16.5. The fraction of sp³-hybridized carbons (Fsp3) is 0.545. The van der Waals surface area contributed by atoms with Crippen molar-refractivity contribution < 1.29 is 4.74 Å². The minimum Gasteiger partial charge on any atom is -0.379 e. The summed E-state index contributed by atoms with van der Waals surface area (Å²) in [6.07, 6.45) is 2.19. The second-order valence-corrected chi connectivity index (χ2v) is 8.06. The van der Waals surface area contributed by atoms with Crippen LogP contribution >= 0.6 is 0 Å². The zero-order chi connectivity index (χ0) is 20.6. The van der Waals surface area contributed by atoms with E-state index in [1.807, 2.05) is 6.07 Å². The minimum atomic E-state index is 0.301. The fourth-order valence-corrected chi connectivity index (χ4v) is 4.08. The number of rotatable bonds is 8. The van der Waals surface area contributed by atoms with Crippen LogP contribution in [0, 0.1) is 0 Å². The molecule has 2 aliphatic rings. The second-order valence-electron chi connectivity index (χ2n) is 8.06. The van der Waals surface area contributed by atoms with Gasteiger partial charge in [-0.15, -0.1) is 0 Å². The van der Waals surface area contributed by atoms with Crippen molar-refractivity contribution in [3.05, 3.63) is 42.0 Å². The van der Waals surface area contributed by atoms with Crippen LogP contribution in [-0.4, -0.2) is 78.3 Å². The van der Waals surface area contributed by atoms with Gasteiger partial charge in [-0.2, -0.15) is 9.97 Å². The van der Waals surface area contributed by atoms with Crippen molar-refractivity contribution in [2.45, 2.75) is 25.4 Å². The molecule has 2 aliphatic heterocycles. The number of nitrogens with two attached hydrogens (primary N) is 1. The highest BCUT2D eigenvalue weighted by Gasteiger charge is 2.20. The van der Waals surface area contributed by atoms with E-state index in [0.29, 0.717) is 12.0 Å². The number of benzene rings is 1. The van der Waals surface area contributed by atoms with E-state index in [-0.39, 0.29) is 0 Å². The Balaban J connectivity index is 1.23. The van der Waals surface area contributed by atoms with E-state index < -0.39 is 0 Å². The molecule has 0 amide bonds. The first-order valence-corrected chi connectivity index (χ1v) is 11.0. The summed E-state index contributed by atoms with van der Waals surface area (Å²) in [6, 6.07) is 13.0. The van der Waals surface area contributed by atoms with Gasteiger partial charge in [-0.1, -0.05) is 30.3 Å². The Morgan fingerprint density at radius 3 is 2.47 bits per heavy atom. The van der Waals surface area contributed by atoms with Crippen molar-refractivity contribution >= 4 is 17.6 Å². The molecule has 1 aromatic carbocycles. The Morgan fingerprint density at radius 2 is 1.70 bits per heavy atom. The summed E-state index contributed by atoms with van der Waals surface area (Å²) in [4.78, 5) is 13.6. The Bertz CT molecular complexity index is 774. The first-order chi connectivity index (χ1) is 14.7. The van der Waals surface area contributed by atoms with Crippen LogP contribution in [0.2, 0.25) is 0 Å². The number of hydrogen-bond donors (Lipinski definition) is 3. The van der Waals surface area contributed by atoms with E-state index in [4.69, 9.17) is 10.5 Å². The van der Waals surface area contributed by atoms with E-state index in [2.05, 4.69) is 60.7 Å². The number of ether oxygens (including phenoxy) is 1. The zero-order valence-corrected chi connectivity index (χ0v) is 17.6. The summed E-state index contributed by atoms with van der Waals surface area (Å²) in [5.74, 6) is 1.88. The maximum atomic E-state index is 5.95. The van der Waals surface area contributed by atoms with Crippen molar-refractivity contribution in [2.24, 2.45) is 0 Å². The first-order valence-electron chi connectivity index (χ1n) is 11.0. The predicted octanol–water partition coefficient (Wildman–Crippen LogP) is 1.88. The van der Waals surface area contributed by atoms with Gasteiger partial charge in [0.2, 0.25) is 5.95 Å². The number of likely N-dealkylation sites (tertiary alicyclic amines) is 1. The smallest absolute Gasteiger partial charge is 0.223 e. The summed E-state index contributed by atoms with van der Waals surface area (Å²) in [6.45, 7) is 8.59. The highest BCUT2D eigenvalue weighted by Crippen LogP contribution is 2.19. The molecule has 2 aromatic rings. The third kappa shape index (κ3) is 6.29. The molecule has 8 heteroatoms. The van der Waals surface area contributed by atoms with E-state index in [0.717, 1.165) is 83.5 Å². The number of morpholine rings is 1. The topological polar surface area (TPSA) is 91.6 Å². The van der Waals surface area contributed by atoms with E-state index >= 15 is 0 Å². The summed E-state index contributed by atoms with van der Waals surface area (Å²) in [5, 5.41) is 6.94. The number of nitrogens with one attached hydrogen (secondary N) is 2. The molecule has 1 aromatic heterocycles. The zero-order valence-electron chi connectivity index (χ0n) is 17.6. The number of anilines is 3. The number of hydrogen-bond acceptors (Lipinski definition) is 8. The van der Waals surface area contributed by atoms with Gasteiger partial charge >= 0.3 is 0 Å². The lowest BCUT2D eigenvalue weighted by molar-refractivity contribution is 0.0398. The van der Waals surface area contributed by atoms with Crippen LogP contribution < -0.4 is 16.4 Å². The van der Waals surface area contributed by atoms with Crippen molar-refractivity contribution in [2.75, 3.05) is 68.8 Å². The molecule has 4 rings (SSSR count). The van der Waals surface area contributed by atoms with Crippen molar-refractivity contribution in [1.82, 2.24) is 19.8 Å².